The topological polar surface area (TPSA) is 26.3 Å². The normalized spacial score (nSPS) is 10.3. The molecule has 4 heteroatoms. The Kier molecular flexibility index (Phi) is 4.79. The van der Waals surface area contributed by atoms with Gasteiger partial charge in [0.25, 0.3) is 0 Å². The summed E-state index contributed by atoms with van der Waals surface area (Å²) >= 11 is 7.43. The number of Topliss-reactive ketones (excluding diaryl/α,β-unsaturated/α-hetero) is 1. The lowest BCUT2D eigenvalue weighted by Crippen LogP contribution is -2.02. The molecule has 0 amide bonds. The third-order valence-corrected chi connectivity index (χ3v) is 3.66. The third kappa shape index (κ3) is 3.59. The molecule has 0 aliphatic rings. The molecule has 0 aliphatic carbocycles. The van der Waals surface area contributed by atoms with E-state index in [1.54, 1.807) is 6.07 Å². The zero-order valence-electron chi connectivity index (χ0n) is 9.77. The van der Waals surface area contributed by atoms with E-state index in [4.69, 9.17) is 16.3 Å². The molecule has 1 aromatic carbocycles. The summed E-state index contributed by atoms with van der Waals surface area (Å²) in [4.78, 5) is 12.5. The Morgan fingerprint density at radius 3 is 2.78 bits per heavy atom. The fourth-order valence-electron chi connectivity index (χ4n) is 1.54. The standard InChI is InChI=1S/C14H13ClO2S/c15-11-5-1-2-7-13(11)17-9-3-6-12(16)14-8-4-10-18-14/h1-2,4-5,7-8,10H,3,6,9H2. The molecule has 0 saturated carbocycles. The smallest absolute Gasteiger partial charge is 0.172 e. The van der Waals surface area contributed by atoms with Gasteiger partial charge in [0.15, 0.2) is 5.78 Å². The molecular formula is C14H13ClO2S. The molecule has 0 fully saturated rings. The summed E-state index contributed by atoms with van der Waals surface area (Å²) in [6.45, 7) is 0.501. The lowest BCUT2D eigenvalue weighted by atomic mass is 10.2. The lowest BCUT2D eigenvalue weighted by molar-refractivity contribution is 0.0977. The Morgan fingerprint density at radius 1 is 1.22 bits per heavy atom. The third-order valence-electron chi connectivity index (χ3n) is 2.44. The van der Waals surface area contributed by atoms with Crippen LogP contribution in [0, 0.1) is 0 Å². The highest BCUT2D eigenvalue weighted by Gasteiger charge is 2.06. The van der Waals surface area contributed by atoms with E-state index >= 15 is 0 Å². The zero-order valence-corrected chi connectivity index (χ0v) is 11.3. The first kappa shape index (κ1) is 13.1. The first-order valence-corrected chi connectivity index (χ1v) is 6.97. The number of carbonyl (C=O) groups is 1. The number of thiophene rings is 1. The van der Waals surface area contributed by atoms with Crippen molar-refractivity contribution in [2.75, 3.05) is 6.61 Å². The van der Waals surface area contributed by atoms with Crippen LogP contribution in [0.3, 0.4) is 0 Å². The Labute approximate surface area is 115 Å². The number of benzene rings is 1. The van der Waals surface area contributed by atoms with E-state index in [0.717, 1.165) is 4.88 Å². The maximum atomic E-state index is 11.7. The summed E-state index contributed by atoms with van der Waals surface area (Å²) in [5.41, 5.74) is 0. The molecule has 0 atom stereocenters. The molecule has 1 aromatic heterocycles. The molecule has 2 aromatic rings. The molecule has 0 radical (unpaired) electrons. The van der Waals surface area contributed by atoms with Crippen molar-refractivity contribution in [3.63, 3.8) is 0 Å². The molecule has 0 aliphatic heterocycles. The summed E-state index contributed by atoms with van der Waals surface area (Å²) < 4.78 is 5.52. The van der Waals surface area contributed by atoms with Gasteiger partial charge in [-0.15, -0.1) is 11.3 Å². The molecule has 2 nitrogen and oxygen atoms in total. The lowest BCUT2D eigenvalue weighted by Gasteiger charge is -2.06. The molecule has 0 N–H and O–H groups in total. The van der Waals surface area contributed by atoms with Gasteiger partial charge in [0.1, 0.15) is 5.75 Å². The molecule has 0 bridgehead atoms. The van der Waals surface area contributed by atoms with Crippen LogP contribution in [0.15, 0.2) is 41.8 Å². The van der Waals surface area contributed by atoms with E-state index in [1.165, 1.54) is 11.3 Å². The number of hydrogen-bond acceptors (Lipinski definition) is 3. The second-order valence-corrected chi connectivity index (χ2v) is 5.14. The van der Waals surface area contributed by atoms with Crippen LogP contribution in [0.5, 0.6) is 5.75 Å². The Bertz CT molecular complexity index is 508. The van der Waals surface area contributed by atoms with Gasteiger partial charge in [0, 0.05) is 6.42 Å². The summed E-state index contributed by atoms with van der Waals surface area (Å²) in [6, 6.07) is 11.1. The first-order valence-electron chi connectivity index (χ1n) is 5.71. The van der Waals surface area contributed by atoms with Crippen LogP contribution in [0.4, 0.5) is 0 Å². The van der Waals surface area contributed by atoms with Crippen LogP contribution in [0.2, 0.25) is 5.02 Å². The summed E-state index contributed by atoms with van der Waals surface area (Å²) in [7, 11) is 0. The molecule has 18 heavy (non-hydrogen) atoms. The maximum Gasteiger partial charge on any atom is 0.172 e. The van der Waals surface area contributed by atoms with E-state index in [2.05, 4.69) is 0 Å². The minimum atomic E-state index is 0.174. The van der Waals surface area contributed by atoms with Gasteiger partial charge < -0.3 is 4.74 Å². The predicted molar refractivity (Wildman–Crippen MR) is 74.8 cm³/mol. The minimum Gasteiger partial charge on any atom is -0.492 e. The van der Waals surface area contributed by atoms with E-state index in [1.807, 2.05) is 35.7 Å². The number of rotatable bonds is 6. The number of halogens is 1. The summed E-state index contributed by atoms with van der Waals surface area (Å²) in [5.74, 6) is 0.843. The maximum absolute atomic E-state index is 11.7. The van der Waals surface area contributed by atoms with Crippen molar-refractivity contribution < 1.29 is 9.53 Å². The summed E-state index contributed by atoms with van der Waals surface area (Å²) in [6.07, 6.45) is 1.20. The highest BCUT2D eigenvalue weighted by molar-refractivity contribution is 7.12. The van der Waals surface area contributed by atoms with Crippen molar-refractivity contribution in [3.8, 4) is 5.75 Å². The summed E-state index contributed by atoms with van der Waals surface area (Å²) in [5, 5.41) is 2.51. The number of ether oxygens (including phenoxy) is 1. The average Bonchev–Trinajstić information content (AvgIpc) is 2.90. The zero-order chi connectivity index (χ0) is 12.8. The van der Waals surface area contributed by atoms with E-state index in [9.17, 15) is 4.79 Å². The number of ketones is 1. The van der Waals surface area contributed by atoms with Gasteiger partial charge in [-0.05, 0) is 30.0 Å². The van der Waals surface area contributed by atoms with Crippen molar-refractivity contribution in [3.05, 3.63) is 51.7 Å². The SMILES string of the molecule is O=C(CCCOc1ccccc1Cl)c1cccs1. The molecule has 1 heterocycles. The van der Waals surface area contributed by atoms with Crippen LogP contribution in [-0.4, -0.2) is 12.4 Å². The Morgan fingerprint density at radius 2 is 2.06 bits per heavy atom. The Hall–Kier alpha value is -1.32. The fourth-order valence-corrected chi connectivity index (χ4v) is 2.42. The van der Waals surface area contributed by atoms with Gasteiger partial charge in [-0.1, -0.05) is 29.8 Å². The monoisotopic (exact) mass is 280 g/mol. The average molecular weight is 281 g/mol. The van der Waals surface area contributed by atoms with Crippen molar-refractivity contribution >= 4 is 28.7 Å². The van der Waals surface area contributed by atoms with Crippen molar-refractivity contribution in [2.45, 2.75) is 12.8 Å². The number of hydrogen-bond donors (Lipinski definition) is 0. The van der Waals surface area contributed by atoms with Crippen LogP contribution >= 0.6 is 22.9 Å². The highest BCUT2D eigenvalue weighted by atomic mass is 35.5. The van der Waals surface area contributed by atoms with E-state index < -0.39 is 0 Å². The quantitative estimate of drug-likeness (QED) is 0.577. The number of carbonyl (C=O) groups excluding carboxylic acids is 1. The van der Waals surface area contributed by atoms with Crippen LogP contribution < -0.4 is 4.74 Å². The first-order chi connectivity index (χ1) is 8.77. The van der Waals surface area contributed by atoms with Gasteiger partial charge in [-0.25, -0.2) is 0 Å². The van der Waals surface area contributed by atoms with Crippen LogP contribution in [0.25, 0.3) is 0 Å². The molecule has 94 valence electrons. The van der Waals surface area contributed by atoms with E-state index in [-0.39, 0.29) is 5.78 Å². The number of para-hydroxylation sites is 1. The molecule has 2 rings (SSSR count). The van der Waals surface area contributed by atoms with Gasteiger partial charge in [-0.2, -0.15) is 0 Å². The van der Waals surface area contributed by atoms with Gasteiger partial charge >= 0.3 is 0 Å². The van der Waals surface area contributed by atoms with Crippen molar-refractivity contribution in [1.29, 1.82) is 0 Å². The predicted octanol–water partition coefficient (Wildman–Crippen LogP) is 4.44. The largest absolute Gasteiger partial charge is 0.492 e. The fraction of sp³-hybridized carbons (Fsp3) is 0.214. The second kappa shape index (κ2) is 6.57. The van der Waals surface area contributed by atoms with Crippen LogP contribution in [0.1, 0.15) is 22.5 Å². The van der Waals surface area contributed by atoms with Gasteiger partial charge in [0.2, 0.25) is 0 Å². The highest BCUT2D eigenvalue weighted by Crippen LogP contribution is 2.23. The van der Waals surface area contributed by atoms with Crippen molar-refractivity contribution in [2.24, 2.45) is 0 Å². The van der Waals surface area contributed by atoms with Crippen LogP contribution in [-0.2, 0) is 0 Å². The van der Waals surface area contributed by atoms with Gasteiger partial charge in [0.05, 0.1) is 16.5 Å². The minimum absolute atomic E-state index is 0.174. The second-order valence-electron chi connectivity index (χ2n) is 3.78. The molecular weight excluding hydrogens is 268 g/mol. The van der Waals surface area contributed by atoms with E-state index in [0.29, 0.717) is 30.2 Å². The molecule has 0 unspecified atom stereocenters. The Balaban J connectivity index is 1.74. The van der Waals surface area contributed by atoms with Crippen molar-refractivity contribution in [1.82, 2.24) is 0 Å². The molecule has 0 saturated heterocycles. The molecule has 0 spiro atoms. The van der Waals surface area contributed by atoms with Gasteiger partial charge in [-0.3, -0.25) is 4.79 Å².